The minimum Gasteiger partial charge on any atom is -0.493 e. The monoisotopic (exact) mass is 556 g/mol. The lowest BCUT2D eigenvalue weighted by Crippen LogP contribution is -2.41. The molecule has 0 bridgehead atoms. The van der Waals surface area contributed by atoms with E-state index in [-0.39, 0.29) is 36.0 Å². The molecule has 1 aliphatic rings. The number of para-hydroxylation sites is 1. The Hall–Kier alpha value is -2.43. The number of hydrogen-bond acceptors (Lipinski definition) is 5. The fourth-order valence-electron chi connectivity index (χ4n) is 3.51. The number of furan rings is 1. The van der Waals surface area contributed by atoms with Crippen LogP contribution in [-0.2, 0) is 6.54 Å². The summed E-state index contributed by atoms with van der Waals surface area (Å²) in [5, 5.41) is 9.27. The Balaban J connectivity index is 0.00000363. The van der Waals surface area contributed by atoms with Crippen molar-refractivity contribution in [3.8, 4) is 11.5 Å². The summed E-state index contributed by atoms with van der Waals surface area (Å²) in [6, 6.07) is 9.21. The number of rotatable bonds is 10. The minimum absolute atomic E-state index is 0. The van der Waals surface area contributed by atoms with E-state index in [9.17, 15) is 4.79 Å². The molecule has 1 saturated carbocycles. The standard InChI is InChI=1S/C23H32N4O4.HI/c1-3-24-23(26-14-13-25-22(28)20-12-7-15-30-20)27-16-17-8-6-11-19(29-2)21(17)31-18-9-4-5-10-18;/h6-8,11-12,15,18H,3-5,9-10,13-14,16H2,1-2H3,(H,25,28)(H2,24,26,27);1H. The number of halogens is 1. The first-order valence-corrected chi connectivity index (χ1v) is 10.9. The number of aliphatic imine (C=N–C) groups is 1. The molecule has 3 N–H and O–H groups in total. The molecule has 2 aromatic rings. The fourth-order valence-corrected chi connectivity index (χ4v) is 3.51. The molecular weight excluding hydrogens is 523 g/mol. The molecule has 0 aliphatic heterocycles. The maximum absolute atomic E-state index is 11.9. The van der Waals surface area contributed by atoms with Crippen LogP contribution in [0.5, 0.6) is 11.5 Å². The van der Waals surface area contributed by atoms with Gasteiger partial charge in [-0.2, -0.15) is 0 Å². The molecular formula is C23H33IN4O4. The predicted octanol–water partition coefficient (Wildman–Crippen LogP) is 3.71. The van der Waals surface area contributed by atoms with E-state index in [4.69, 9.17) is 13.9 Å². The van der Waals surface area contributed by atoms with Crippen LogP contribution in [0.3, 0.4) is 0 Å². The number of nitrogens with one attached hydrogen (secondary N) is 3. The van der Waals surface area contributed by atoms with E-state index < -0.39 is 0 Å². The second-order valence-corrected chi connectivity index (χ2v) is 7.33. The van der Waals surface area contributed by atoms with E-state index in [2.05, 4.69) is 20.9 Å². The first-order chi connectivity index (χ1) is 15.2. The number of amides is 1. The van der Waals surface area contributed by atoms with Gasteiger partial charge in [-0.05, 0) is 50.8 Å². The molecule has 176 valence electrons. The molecule has 1 aromatic carbocycles. The Morgan fingerprint density at radius 2 is 1.91 bits per heavy atom. The van der Waals surface area contributed by atoms with Gasteiger partial charge in [0.25, 0.3) is 5.91 Å². The van der Waals surface area contributed by atoms with Crippen LogP contribution in [0.4, 0.5) is 0 Å². The van der Waals surface area contributed by atoms with Gasteiger partial charge < -0.3 is 29.8 Å². The molecule has 0 radical (unpaired) electrons. The number of hydrogen-bond donors (Lipinski definition) is 3. The smallest absolute Gasteiger partial charge is 0.287 e. The zero-order valence-corrected chi connectivity index (χ0v) is 21.0. The molecule has 3 rings (SSSR count). The average Bonchev–Trinajstić information content (AvgIpc) is 3.50. The Morgan fingerprint density at radius 3 is 2.59 bits per heavy atom. The van der Waals surface area contributed by atoms with Crippen LogP contribution in [0.1, 0.15) is 48.7 Å². The van der Waals surface area contributed by atoms with E-state index in [0.717, 1.165) is 36.4 Å². The highest BCUT2D eigenvalue weighted by Crippen LogP contribution is 2.35. The van der Waals surface area contributed by atoms with Crippen LogP contribution >= 0.6 is 24.0 Å². The summed E-state index contributed by atoms with van der Waals surface area (Å²) in [5.74, 6) is 2.25. The van der Waals surface area contributed by atoms with Crippen molar-refractivity contribution >= 4 is 35.8 Å². The van der Waals surface area contributed by atoms with Crippen molar-refractivity contribution in [3.63, 3.8) is 0 Å². The van der Waals surface area contributed by atoms with Gasteiger partial charge in [0.15, 0.2) is 23.2 Å². The second kappa shape index (κ2) is 13.9. The predicted molar refractivity (Wildman–Crippen MR) is 135 cm³/mol. The van der Waals surface area contributed by atoms with E-state index in [1.54, 1.807) is 19.2 Å². The number of ether oxygens (including phenoxy) is 2. The molecule has 1 aliphatic carbocycles. The normalized spacial score (nSPS) is 13.9. The summed E-state index contributed by atoms with van der Waals surface area (Å²) in [5.41, 5.74) is 0.981. The van der Waals surface area contributed by atoms with Gasteiger partial charge in [-0.25, -0.2) is 4.99 Å². The van der Waals surface area contributed by atoms with Crippen molar-refractivity contribution in [2.45, 2.75) is 45.3 Å². The van der Waals surface area contributed by atoms with Gasteiger partial charge in [-0.1, -0.05) is 12.1 Å². The molecule has 1 aromatic heterocycles. The van der Waals surface area contributed by atoms with Gasteiger partial charge in [0.05, 0.1) is 26.0 Å². The summed E-state index contributed by atoms with van der Waals surface area (Å²) in [6.45, 7) is 4.17. The number of carbonyl (C=O) groups excluding carboxylic acids is 1. The van der Waals surface area contributed by atoms with E-state index >= 15 is 0 Å². The third kappa shape index (κ3) is 7.61. The summed E-state index contributed by atoms with van der Waals surface area (Å²) in [4.78, 5) is 16.6. The lowest BCUT2D eigenvalue weighted by atomic mass is 10.1. The number of nitrogens with zero attached hydrogens (tertiary/aromatic N) is 1. The zero-order valence-electron chi connectivity index (χ0n) is 18.7. The molecule has 0 spiro atoms. The maximum atomic E-state index is 11.9. The van der Waals surface area contributed by atoms with Crippen LogP contribution in [0.25, 0.3) is 0 Å². The van der Waals surface area contributed by atoms with Crippen molar-refractivity contribution in [3.05, 3.63) is 47.9 Å². The third-order valence-corrected chi connectivity index (χ3v) is 5.07. The fraction of sp³-hybridized carbons (Fsp3) is 0.478. The first-order valence-electron chi connectivity index (χ1n) is 10.9. The van der Waals surface area contributed by atoms with Crippen LogP contribution in [0.15, 0.2) is 46.0 Å². The Labute approximate surface area is 206 Å². The summed E-state index contributed by atoms with van der Waals surface area (Å²) in [6.07, 6.45) is 6.29. The lowest BCUT2D eigenvalue weighted by molar-refractivity contribution is 0.0926. The van der Waals surface area contributed by atoms with Crippen molar-refractivity contribution < 1.29 is 18.7 Å². The average molecular weight is 556 g/mol. The lowest BCUT2D eigenvalue weighted by Gasteiger charge is -2.19. The van der Waals surface area contributed by atoms with Gasteiger partial charge in [-0.15, -0.1) is 24.0 Å². The molecule has 32 heavy (non-hydrogen) atoms. The molecule has 1 fully saturated rings. The van der Waals surface area contributed by atoms with Crippen LogP contribution in [0.2, 0.25) is 0 Å². The molecule has 0 saturated heterocycles. The van der Waals surface area contributed by atoms with Crippen molar-refractivity contribution in [1.82, 2.24) is 16.0 Å². The van der Waals surface area contributed by atoms with Crippen LogP contribution < -0.4 is 25.4 Å². The maximum Gasteiger partial charge on any atom is 0.287 e. The third-order valence-electron chi connectivity index (χ3n) is 5.07. The van der Waals surface area contributed by atoms with Gasteiger partial charge in [0.2, 0.25) is 0 Å². The topological polar surface area (TPSA) is 97.1 Å². The van der Waals surface area contributed by atoms with Gasteiger partial charge in [0, 0.05) is 25.2 Å². The quantitative estimate of drug-likeness (QED) is 0.179. The van der Waals surface area contributed by atoms with Gasteiger partial charge in [-0.3, -0.25) is 4.79 Å². The molecule has 8 nitrogen and oxygen atoms in total. The Bertz CT molecular complexity index is 852. The number of methoxy groups -OCH3 is 1. The number of guanidine groups is 1. The second-order valence-electron chi connectivity index (χ2n) is 7.33. The Morgan fingerprint density at radius 1 is 1.12 bits per heavy atom. The van der Waals surface area contributed by atoms with E-state index in [0.29, 0.717) is 31.4 Å². The van der Waals surface area contributed by atoms with Crippen LogP contribution in [0, 0.1) is 0 Å². The van der Waals surface area contributed by atoms with E-state index in [1.165, 1.54) is 19.1 Å². The van der Waals surface area contributed by atoms with Crippen molar-refractivity contribution in [1.29, 1.82) is 0 Å². The molecule has 1 heterocycles. The van der Waals surface area contributed by atoms with Crippen molar-refractivity contribution in [2.75, 3.05) is 26.7 Å². The van der Waals surface area contributed by atoms with Gasteiger partial charge in [0.1, 0.15) is 0 Å². The summed E-state index contributed by atoms with van der Waals surface area (Å²) < 4.78 is 16.9. The number of carbonyl (C=O) groups is 1. The minimum atomic E-state index is -0.237. The van der Waals surface area contributed by atoms with Crippen molar-refractivity contribution in [2.24, 2.45) is 4.99 Å². The largest absolute Gasteiger partial charge is 0.493 e. The summed E-state index contributed by atoms with van der Waals surface area (Å²) >= 11 is 0. The number of benzene rings is 1. The highest BCUT2D eigenvalue weighted by molar-refractivity contribution is 14.0. The SMILES string of the molecule is CCNC(=NCc1cccc(OC)c1OC1CCCC1)NCCNC(=O)c1ccco1.I. The molecule has 9 heteroatoms. The summed E-state index contributed by atoms with van der Waals surface area (Å²) in [7, 11) is 1.66. The zero-order chi connectivity index (χ0) is 21.9. The highest BCUT2D eigenvalue weighted by atomic mass is 127. The highest BCUT2D eigenvalue weighted by Gasteiger charge is 2.20. The molecule has 1 amide bonds. The van der Waals surface area contributed by atoms with Gasteiger partial charge >= 0.3 is 0 Å². The van der Waals surface area contributed by atoms with Crippen LogP contribution in [-0.4, -0.2) is 44.7 Å². The van der Waals surface area contributed by atoms with E-state index in [1.807, 2.05) is 25.1 Å². The Kier molecular flexibility index (Phi) is 11.2. The molecule has 0 unspecified atom stereocenters. The first kappa shape index (κ1) is 25.8. The molecule has 0 atom stereocenters.